The lowest BCUT2D eigenvalue weighted by Crippen LogP contribution is -2.31. The lowest BCUT2D eigenvalue weighted by molar-refractivity contribution is -0.0582. The Morgan fingerprint density at radius 3 is 2.69 bits per heavy atom. The molecule has 140 valence electrons. The van der Waals surface area contributed by atoms with E-state index in [0.29, 0.717) is 34.9 Å². The van der Waals surface area contributed by atoms with Crippen molar-refractivity contribution >= 4 is 22.1 Å². The van der Waals surface area contributed by atoms with Gasteiger partial charge in [0, 0.05) is 12.6 Å². The molecule has 1 unspecified atom stereocenters. The first-order valence-electron chi connectivity index (χ1n) is 9.12. The van der Waals surface area contributed by atoms with Crippen LogP contribution in [0.4, 0.5) is 8.78 Å². The summed E-state index contributed by atoms with van der Waals surface area (Å²) in [5.41, 5.74) is 2.16. The molecule has 0 aromatic carbocycles. The molecule has 3 aromatic heterocycles. The summed E-state index contributed by atoms with van der Waals surface area (Å²) < 4.78 is 31.3. The number of aliphatic hydroxyl groups excluding tert-OH is 1. The van der Waals surface area contributed by atoms with E-state index in [-0.39, 0.29) is 12.2 Å². The highest BCUT2D eigenvalue weighted by Gasteiger charge is 2.40. The molecule has 1 N–H and O–H groups in total. The van der Waals surface area contributed by atoms with Crippen molar-refractivity contribution in [1.82, 2.24) is 19.5 Å². The van der Waals surface area contributed by atoms with Crippen LogP contribution in [-0.4, -0.2) is 30.5 Å². The zero-order chi connectivity index (χ0) is 18.7. The molecule has 0 saturated heterocycles. The number of halogens is 2. The van der Waals surface area contributed by atoms with E-state index >= 15 is 0 Å². The second-order valence-electron chi connectivity index (χ2n) is 6.55. The van der Waals surface area contributed by atoms with E-state index in [1.54, 1.807) is 24.5 Å². The van der Waals surface area contributed by atoms with E-state index in [2.05, 4.69) is 15.0 Å². The molecule has 7 heteroatoms. The highest BCUT2D eigenvalue weighted by Crippen LogP contribution is 2.40. The molecule has 3 rings (SSSR count). The normalized spacial score (nSPS) is 13.6. The molecule has 0 radical (unpaired) electrons. The van der Waals surface area contributed by atoms with Gasteiger partial charge in [0.15, 0.2) is 0 Å². The van der Waals surface area contributed by atoms with Crippen LogP contribution in [0.1, 0.15) is 57.8 Å². The summed E-state index contributed by atoms with van der Waals surface area (Å²) in [5, 5.41) is 9.78. The van der Waals surface area contributed by atoms with Crippen molar-refractivity contribution in [3.8, 4) is 0 Å². The molecule has 0 aliphatic carbocycles. The summed E-state index contributed by atoms with van der Waals surface area (Å²) in [7, 11) is 0. The Hall–Kier alpha value is -2.15. The van der Waals surface area contributed by atoms with Crippen LogP contribution in [0, 0.1) is 0 Å². The third kappa shape index (κ3) is 3.28. The highest BCUT2D eigenvalue weighted by atomic mass is 19.3. The largest absolute Gasteiger partial charge is 0.388 e. The molecule has 1 atom stereocenters. The first-order valence-corrected chi connectivity index (χ1v) is 9.12. The van der Waals surface area contributed by atoms with Crippen LogP contribution in [0.5, 0.6) is 0 Å². The summed E-state index contributed by atoms with van der Waals surface area (Å²) in [4.78, 5) is 13.0. The molecular weight excluding hydrogens is 338 g/mol. The van der Waals surface area contributed by atoms with Gasteiger partial charge in [0.05, 0.1) is 23.3 Å². The molecule has 0 aliphatic rings. The molecule has 0 amide bonds. The minimum atomic E-state index is -2.91. The second kappa shape index (κ2) is 7.61. The van der Waals surface area contributed by atoms with Crippen LogP contribution in [-0.2, 0) is 6.61 Å². The minimum Gasteiger partial charge on any atom is -0.388 e. The van der Waals surface area contributed by atoms with Crippen molar-refractivity contribution in [1.29, 1.82) is 0 Å². The standard InChI is InChI=1S/C19H24F2N4O/c1-3-5-6-9-15(19(20,21)4-2)25-16(12-26)24-14-11-23-13-8-7-10-22-17(13)18(14)25/h7-8,10-11,15,26H,3-6,9,12H2,1-2H3. The smallest absolute Gasteiger partial charge is 0.268 e. The van der Waals surface area contributed by atoms with Crippen LogP contribution in [0.15, 0.2) is 24.5 Å². The zero-order valence-corrected chi connectivity index (χ0v) is 15.1. The van der Waals surface area contributed by atoms with Crippen molar-refractivity contribution in [3.63, 3.8) is 0 Å². The average molecular weight is 362 g/mol. The Labute approximate surface area is 151 Å². The molecule has 0 saturated carbocycles. The molecule has 0 fully saturated rings. The number of aromatic nitrogens is 4. The number of hydrogen-bond donors (Lipinski definition) is 1. The SMILES string of the molecule is CCCCCC(n1c(CO)nc2cnc3cccnc3c21)C(F)(F)CC. The number of nitrogens with zero attached hydrogens (tertiary/aromatic N) is 4. The third-order valence-corrected chi connectivity index (χ3v) is 4.84. The van der Waals surface area contributed by atoms with E-state index in [4.69, 9.17) is 0 Å². The number of aliphatic hydroxyl groups is 1. The second-order valence-corrected chi connectivity index (χ2v) is 6.55. The maximum absolute atomic E-state index is 14.9. The zero-order valence-electron chi connectivity index (χ0n) is 15.1. The summed E-state index contributed by atoms with van der Waals surface area (Å²) in [6, 6.07) is 2.48. The molecule has 26 heavy (non-hydrogen) atoms. The van der Waals surface area contributed by atoms with Crippen LogP contribution < -0.4 is 0 Å². The van der Waals surface area contributed by atoms with Crippen molar-refractivity contribution in [2.24, 2.45) is 0 Å². The van der Waals surface area contributed by atoms with E-state index in [1.165, 1.54) is 11.5 Å². The van der Waals surface area contributed by atoms with Crippen molar-refractivity contribution in [2.75, 3.05) is 0 Å². The fourth-order valence-electron chi connectivity index (χ4n) is 3.44. The van der Waals surface area contributed by atoms with Crippen LogP contribution >= 0.6 is 0 Å². The van der Waals surface area contributed by atoms with Gasteiger partial charge in [-0.15, -0.1) is 0 Å². The maximum atomic E-state index is 14.9. The Balaban J connectivity index is 2.26. The summed E-state index contributed by atoms with van der Waals surface area (Å²) in [5.74, 6) is -2.68. The number of fused-ring (bicyclic) bond motifs is 3. The monoisotopic (exact) mass is 362 g/mol. The Kier molecular flexibility index (Phi) is 5.46. The predicted molar refractivity (Wildman–Crippen MR) is 97.2 cm³/mol. The average Bonchev–Trinajstić information content (AvgIpc) is 3.03. The van der Waals surface area contributed by atoms with E-state index < -0.39 is 18.6 Å². The van der Waals surface area contributed by atoms with Gasteiger partial charge in [-0.2, -0.15) is 0 Å². The first kappa shape index (κ1) is 18.6. The summed E-state index contributed by atoms with van der Waals surface area (Å²) in [6.45, 7) is 3.12. The van der Waals surface area contributed by atoms with E-state index in [1.807, 2.05) is 6.92 Å². The van der Waals surface area contributed by atoms with Crippen molar-refractivity contribution in [2.45, 2.75) is 64.5 Å². The van der Waals surface area contributed by atoms with Gasteiger partial charge in [-0.25, -0.2) is 13.8 Å². The Morgan fingerprint density at radius 1 is 1.19 bits per heavy atom. The number of imidazole rings is 1. The molecule has 0 aliphatic heterocycles. The molecule has 0 spiro atoms. The van der Waals surface area contributed by atoms with Crippen LogP contribution in [0.2, 0.25) is 0 Å². The van der Waals surface area contributed by atoms with E-state index in [9.17, 15) is 13.9 Å². The fraction of sp³-hybridized carbons (Fsp3) is 0.526. The van der Waals surface area contributed by atoms with Gasteiger partial charge >= 0.3 is 0 Å². The number of hydrogen-bond acceptors (Lipinski definition) is 4. The lowest BCUT2D eigenvalue weighted by atomic mass is 9.99. The molecule has 5 nitrogen and oxygen atoms in total. The van der Waals surface area contributed by atoms with Gasteiger partial charge in [-0.1, -0.05) is 33.1 Å². The molecule has 3 aromatic rings. The quantitative estimate of drug-likeness (QED) is 0.593. The molecular formula is C19H24F2N4O. The van der Waals surface area contributed by atoms with Crippen LogP contribution in [0.3, 0.4) is 0 Å². The molecule has 3 heterocycles. The summed E-state index contributed by atoms with van der Waals surface area (Å²) in [6.07, 6.45) is 5.76. The van der Waals surface area contributed by atoms with Gasteiger partial charge in [0.1, 0.15) is 23.5 Å². The third-order valence-electron chi connectivity index (χ3n) is 4.84. The van der Waals surface area contributed by atoms with Gasteiger partial charge in [0.25, 0.3) is 5.92 Å². The lowest BCUT2D eigenvalue weighted by Gasteiger charge is -2.29. The number of pyridine rings is 2. The molecule has 0 bridgehead atoms. The van der Waals surface area contributed by atoms with Gasteiger partial charge in [-0.05, 0) is 18.6 Å². The van der Waals surface area contributed by atoms with E-state index in [0.717, 1.165) is 12.8 Å². The van der Waals surface area contributed by atoms with Gasteiger partial charge in [-0.3, -0.25) is 9.97 Å². The summed E-state index contributed by atoms with van der Waals surface area (Å²) >= 11 is 0. The topological polar surface area (TPSA) is 63.8 Å². The van der Waals surface area contributed by atoms with Gasteiger partial charge < -0.3 is 9.67 Å². The maximum Gasteiger partial charge on any atom is 0.268 e. The van der Waals surface area contributed by atoms with Crippen molar-refractivity contribution < 1.29 is 13.9 Å². The van der Waals surface area contributed by atoms with Crippen molar-refractivity contribution in [3.05, 3.63) is 30.4 Å². The van der Waals surface area contributed by atoms with Gasteiger partial charge in [0.2, 0.25) is 0 Å². The Morgan fingerprint density at radius 2 is 2.00 bits per heavy atom. The number of alkyl halides is 2. The fourth-order valence-corrected chi connectivity index (χ4v) is 3.44. The number of rotatable bonds is 8. The Bertz CT molecular complexity index is 894. The minimum absolute atomic E-state index is 0.231. The number of unbranched alkanes of at least 4 members (excludes halogenated alkanes) is 2. The van der Waals surface area contributed by atoms with Crippen LogP contribution in [0.25, 0.3) is 22.1 Å². The first-order chi connectivity index (χ1) is 12.5. The predicted octanol–water partition coefficient (Wildman–Crippen LogP) is 4.64. The highest BCUT2D eigenvalue weighted by molar-refractivity contribution is 5.99.